The molecule has 0 fully saturated rings. The summed E-state index contributed by atoms with van der Waals surface area (Å²) >= 11 is 0. The zero-order chi connectivity index (χ0) is 11.7. The van der Waals surface area contributed by atoms with Crippen molar-refractivity contribution in [3.8, 4) is 0 Å². The van der Waals surface area contributed by atoms with Gasteiger partial charge in [-0.25, -0.2) is 0 Å². The molecule has 0 spiro atoms. The highest BCUT2D eigenvalue weighted by Crippen LogP contribution is 2.16. The molecule has 0 radical (unpaired) electrons. The van der Waals surface area contributed by atoms with E-state index in [-0.39, 0.29) is 17.9 Å². The van der Waals surface area contributed by atoms with Crippen molar-refractivity contribution in [3.05, 3.63) is 0 Å². The first-order valence-corrected chi connectivity index (χ1v) is 5.83. The van der Waals surface area contributed by atoms with E-state index in [9.17, 15) is 4.79 Å². The molecule has 0 unspecified atom stereocenters. The fourth-order valence-corrected chi connectivity index (χ4v) is 1.24. The van der Waals surface area contributed by atoms with Gasteiger partial charge in [0.1, 0.15) is 0 Å². The van der Waals surface area contributed by atoms with Gasteiger partial charge in [-0.3, -0.25) is 4.79 Å². The molecule has 90 valence electrons. The topological polar surface area (TPSA) is 49.3 Å². The normalized spacial score (nSPS) is 11.5. The molecule has 0 aromatic carbocycles. The highest BCUT2D eigenvalue weighted by atomic mass is 16.2. The Labute approximate surface area is 93.3 Å². The Morgan fingerprint density at radius 3 is 2.40 bits per heavy atom. The van der Waals surface area contributed by atoms with Crippen molar-refractivity contribution in [2.24, 2.45) is 5.41 Å². The quantitative estimate of drug-likeness (QED) is 0.639. The predicted octanol–water partition coefficient (Wildman–Crippen LogP) is 2.09. The third kappa shape index (κ3) is 11.4. The van der Waals surface area contributed by atoms with Crippen molar-refractivity contribution in [2.45, 2.75) is 52.9 Å². The van der Waals surface area contributed by atoms with Crippen molar-refractivity contribution < 1.29 is 9.90 Å². The summed E-state index contributed by atoms with van der Waals surface area (Å²) in [5.74, 6) is 0.136. The summed E-state index contributed by atoms with van der Waals surface area (Å²) in [6.07, 6.45) is 4.21. The molecule has 0 saturated carbocycles. The number of aliphatic hydroxyl groups excluding tert-OH is 1. The largest absolute Gasteiger partial charge is 0.396 e. The second-order valence-corrected chi connectivity index (χ2v) is 5.19. The van der Waals surface area contributed by atoms with Gasteiger partial charge in [0.25, 0.3) is 0 Å². The molecular weight excluding hydrogens is 190 g/mol. The van der Waals surface area contributed by atoms with E-state index in [1.54, 1.807) is 0 Å². The summed E-state index contributed by atoms with van der Waals surface area (Å²) in [5, 5.41) is 11.5. The predicted molar refractivity (Wildman–Crippen MR) is 62.6 cm³/mol. The summed E-state index contributed by atoms with van der Waals surface area (Å²) in [7, 11) is 0. The van der Waals surface area contributed by atoms with Gasteiger partial charge in [-0.05, 0) is 24.7 Å². The Balaban J connectivity index is 3.34. The monoisotopic (exact) mass is 215 g/mol. The smallest absolute Gasteiger partial charge is 0.219 e. The molecule has 0 rings (SSSR count). The Morgan fingerprint density at radius 2 is 1.87 bits per heavy atom. The van der Waals surface area contributed by atoms with Crippen LogP contribution >= 0.6 is 0 Å². The Hall–Kier alpha value is -0.570. The highest BCUT2D eigenvalue weighted by Gasteiger charge is 2.10. The van der Waals surface area contributed by atoms with Crippen molar-refractivity contribution in [1.29, 1.82) is 0 Å². The molecule has 3 heteroatoms. The van der Waals surface area contributed by atoms with Crippen LogP contribution in [0.1, 0.15) is 52.9 Å². The first-order chi connectivity index (χ1) is 6.95. The standard InChI is InChI=1S/C12H25NO2/c1-12(2,3)8-9-13-11(15)7-5-4-6-10-14/h14H,4-10H2,1-3H3,(H,13,15). The second-order valence-electron chi connectivity index (χ2n) is 5.19. The first kappa shape index (κ1) is 14.4. The maximum absolute atomic E-state index is 11.3. The molecule has 0 atom stereocenters. The van der Waals surface area contributed by atoms with E-state index in [4.69, 9.17) is 5.11 Å². The summed E-state index contributed by atoms with van der Waals surface area (Å²) < 4.78 is 0. The number of unbranched alkanes of at least 4 members (excludes halogenated alkanes) is 2. The molecule has 0 bridgehead atoms. The summed E-state index contributed by atoms with van der Waals surface area (Å²) in [4.78, 5) is 11.3. The van der Waals surface area contributed by atoms with Crippen LogP contribution in [0.15, 0.2) is 0 Å². The van der Waals surface area contributed by atoms with Crippen molar-refractivity contribution >= 4 is 5.91 Å². The molecule has 0 heterocycles. The van der Waals surface area contributed by atoms with Gasteiger partial charge >= 0.3 is 0 Å². The molecule has 0 aliphatic carbocycles. The van der Waals surface area contributed by atoms with Crippen LogP contribution < -0.4 is 5.32 Å². The number of nitrogens with one attached hydrogen (secondary N) is 1. The SMILES string of the molecule is CC(C)(C)CCNC(=O)CCCCCO. The molecule has 1 amide bonds. The lowest BCUT2D eigenvalue weighted by Gasteiger charge is -2.17. The highest BCUT2D eigenvalue weighted by molar-refractivity contribution is 5.75. The lowest BCUT2D eigenvalue weighted by molar-refractivity contribution is -0.121. The lowest BCUT2D eigenvalue weighted by atomic mass is 9.92. The van der Waals surface area contributed by atoms with Gasteiger partial charge in [0.05, 0.1) is 0 Å². The second kappa shape index (κ2) is 7.69. The zero-order valence-electron chi connectivity index (χ0n) is 10.3. The van der Waals surface area contributed by atoms with E-state index in [0.29, 0.717) is 6.42 Å². The molecule has 15 heavy (non-hydrogen) atoms. The van der Waals surface area contributed by atoms with E-state index < -0.39 is 0 Å². The summed E-state index contributed by atoms with van der Waals surface area (Å²) in [5.41, 5.74) is 0.282. The minimum atomic E-state index is 0.136. The third-order valence-electron chi connectivity index (χ3n) is 2.26. The van der Waals surface area contributed by atoms with Gasteiger partial charge < -0.3 is 10.4 Å². The molecule has 2 N–H and O–H groups in total. The van der Waals surface area contributed by atoms with E-state index in [2.05, 4.69) is 26.1 Å². The number of rotatable bonds is 7. The number of hydrogen-bond acceptors (Lipinski definition) is 2. The van der Waals surface area contributed by atoms with Crippen LogP contribution in [0.2, 0.25) is 0 Å². The number of amides is 1. The average Bonchev–Trinajstić information content (AvgIpc) is 2.10. The van der Waals surface area contributed by atoms with E-state index in [1.807, 2.05) is 0 Å². The van der Waals surface area contributed by atoms with Gasteiger partial charge in [-0.15, -0.1) is 0 Å². The van der Waals surface area contributed by atoms with Crippen LogP contribution in [0.25, 0.3) is 0 Å². The van der Waals surface area contributed by atoms with Gasteiger partial charge in [0.15, 0.2) is 0 Å². The van der Waals surface area contributed by atoms with Gasteiger partial charge in [0, 0.05) is 19.6 Å². The maximum Gasteiger partial charge on any atom is 0.219 e. The molecule has 0 aliphatic rings. The minimum absolute atomic E-state index is 0.136. The fraction of sp³-hybridized carbons (Fsp3) is 0.917. The van der Waals surface area contributed by atoms with Gasteiger partial charge in [-0.2, -0.15) is 0 Å². The van der Waals surface area contributed by atoms with Gasteiger partial charge in [-0.1, -0.05) is 27.2 Å². The molecular formula is C12H25NO2. The first-order valence-electron chi connectivity index (χ1n) is 5.83. The number of carbonyl (C=O) groups excluding carboxylic acids is 1. The van der Waals surface area contributed by atoms with Crippen LogP contribution in [0.5, 0.6) is 0 Å². The van der Waals surface area contributed by atoms with Crippen LogP contribution in [-0.4, -0.2) is 24.2 Å². The molecule has 0 aliphatic heterocycles. The summed E-state index contributed by atoms with van der Waals surface area (Å²) in [6.45, 7) is 7.50. The van der Waals surface area contributed by atoms with Gasteiger partial charge in [0.2, 0.25) is 5.91 Å². The Bertz CT molecular complexity index is 173. The van der Waals surface area contributed by atoms with E-state index >= 15 is 0 Å². The van der Waals surface area contributed by atoms with Crippen molar-refractivity contribution in [2.75, 3.05) is 13.2 Å². The summed E-state index contributed by atoms with van der Waals surface area (Å²) in [6, 6.07) is 0. The van der Waals surface area contributed by atoms with E-state index in [0.717, 1.165) is 32.2 Å². The number of hydrogen-bond donors (Lipinski definition) is 2. The van der Waals surface area contributed by atoms with E-state index in [1.165, 1.54) is 0 Å². The van der Waals surface area contributed by atoms with Crippen LogP contribution in [0.3, 0.4) is 0 Å². The van der Waals surface area contributed by atoms with Crippen molar-refractivity contribution in [1.82, 2.24) is 5.32 Å². The lowest BCUT2D eigenvalue weighted by Crippen LogP contribution is -2.26. The zero-order valence-corrected chi connectivity index (χ0v) is 10.3. The van der Waals surface area contributed by atoms with Crippen LogP contribution in [-0.2, 0) is 4.79 Å². The Morgan fingerprint density at radius 1 is 1.20 bits per heavy atom. The molecule has 0 aromatic rings. The maximum atomic E-state index is 11.3. The van der Waals surface area contributed by atoms with Crippen molar-refractivity contribution in [3.63, 3.8) is 0 Å². The van der Waals surface area contributed by atoms with Crippen LogP contribution in [0, 0.1) is 5.41 Å². The minimum Gasteiger partial charge on any atom is -0.396 e. The molecule has 0 aromatic heterocycles. The molecule has 3 nitrogen and oxygen atoms in total. The fourth-order valence-electron chi connectivity index (χ4n) is 1.24. The molecule has 0 saturated heterocycles. The average molecular weight is 215 g/mol. The number of aliphatic hydroxyl groups is 1. The third-order valence-corrected chi connectivity index (χ3v) is 2.26. The Kier molecular flexibility index (Phi) is 7.39. The number of carbonyl (C=O) groups is 1. The van der Waals surface area contributed by atoms with Crippen LogP contribution in [0.4, 0.5) is 0 Å².